The Morgan fingerprint density at radius 2 is 2.20 bits per heavy atom. The summed E-state index contributed by atoms with van der Waals surface area (Å²) >= 11 is 1.38. The summed E-state index contributed by atoms with van der Waals surface area (Å²) < 4.78 is 5.33. The molecule has 0 atom stereocenters. The van der Waals surface area contributed by atoms with E-state index >= 15 is 0 Å². The van der Waals surface area contributed by atoms with Crippen molar-refractivity contribution >= 4 is 17.7 Å². The van der Waals surface area contributed by atoms with Crippen LogP contribution in [0.25, 0.3) is 0 Å². The molecule has 0 unspecified atom stereocenters. The summed E-state index contributed by atoms with van der Waals surface area (Å²) in [6, 6.07) is 6.89. The predicted molar refractivity (Wildman–Crippen MR) is 76.2 cm³/mol. The Labute approximate surface area is 121 Å². The second-order valence-electron chi connectivity index (χ2n) is 3.89. The molecule has 0 amide bonds. The third kappa shape index (κ3) is 3.71. The van der Waals surface area contributed by atoms with E-state index in [4.69, 9.17) is 9.84 Å². The first-order valence-corrected chi connectivity index (χ1v) is 7.08. The maximum Gasteiger partial charge on any atom is 0.338 e. The van der Waals surface area contributed by atoms with E-state index in [1.165, 1.54) is 11.8 Å². The lowest BCUT2D eigenvalue weighted by Gasteiger charge is -2.06. The molecule has 0 aliphatic rings. The van der Waals surface area contributed by atoms with Crippen LogP contribution in [0.15, 0.2) is 41.7 Å². The molecule has 0 saturated heterocycles. The molecule has 20 heavy (non-hydrogen) atoms. The van der Waals surface area contributed by atoms with Crippen LogP contribution in [0.4, 0.5) is 0 Å². The molecule has 5 nitrogen and oxygen atoms in total. The van der Waals surface area contributed by atoms with Gasteiger partial charge in [0.25, 0.3) is 0 Å². The monoisotopic (exact) mass is 290 g/mol. The number of carbonyl (C=O) groups is 1. The van der Waals surface area contributed by atoms with Crippen LogP contribution in [0.2, 0.25) is 0 Å². The van der Waals surface area contributed by atoms with Gasteiger partial charge in [-0.15, -0.1) is 11.8 Å². The van der Waals surface area contributed by atoms with Crippen LogP contribution in [0, 0.1) is 0 Å². The van der Waals surface area contributed by atoms with Crippen molar-refractivity contribution in [2.75, 3.05) is 6.61 Å². The summed E-state index contributed by atoms with van der Waals surface area (Å²) in [5, 5.41) is 9.60. The first kappa shape index (κ1) is 14.3. The van der Waals surface area contributed by atoms with Crippen molar-refractivity contribution in [1.82, 2.24) is 9.97 Å². The summed E-state index contributed by atoms with van der Waals surface area (Å²) in [5.41, 5.74) is 1.23. The van der Waals surface area contributed by atoms with E-state index in [0.717, 1.165) is 5.56 Å². The van der Waals surface area contributed by atoms with E-state index in [2.05, 4.69) is 9.97 Å². The lowest BCUT2D eigenvalue weighted by Crippen LogP contribution is -2.00. The highest BCUT2D eigenvalue weighted by Gasteiger charge is 2.11. The van der Waals surface area contributed by atoms with Gasteiger partial charge in [0.1, 0.15) is 5.03 Å². The van der Waals surface area contributed by atoms with Gasteiger partial charge in [-0.2, -0.15) is 0 Å². The van der Waals surface area contributed by atoms with E-state index in [1.807, 2.05) is 19.1 Å². The SMILES string of the molecule is CCOc1cc(CSc2ncccc2C(=O)O)ccn1. The summed E-state index contributed by atoms with van der Waals surface area (Å²) in [7, 11) is 0. The summed E-state index contributed by atoms with van der Waals surface area (Å²) in [6.45, 7) is 2.46. The van der Waals surface area contributed by atoms with Crippen LogP contribution in [0.1, 0.15) is 22.8 Å². The minimum absolute atomic E-state index is 0.219. The van der Waals surface area contributed by atoms with Gasteiger partial charge in [0.2, 0.25) is 5.88 Å². The number of carboxylic acids is 1. The van der Waals surface area contributed by atoms with Crippen molar-refractivity contribution in [3.05, 3.63) is 47.8 Å². The van der Waals surface area contributed by atoms with Gasteiger partial charge in [-0.3, -0.25) is 0 Å². The van der Waals surface area contributed by atoms with Crippen molar-refractivity contribution < 1.29 is 14.6 Å². The molecular weight excluding hydrogens is 276 g/mol. The largest absolute Gasteiger partial charge is 0.478 e. The average Bonchev–Trinajstić information content (AvgIpc) is 2.46. The van der Waals surface area contributed by atoms with Gasteiger partial charge in [-0.05, 0) is 30.7 Å². The molecule has 2 heterocycles. The van der Waals surface area contributed by atoms with Crippen molar-refractivity contribution in [3.8, 4) is 5.88 Å². The van der Waals surface area contributed by atoms with Gasteiger partial charge in [0.15, 0.2) is 0 Å². The number of hydrogen-bond acceptors (Lipinski definition) is 5. The second kappa shape index (κ2) is 6.91. The number of aromatic nitrogens is 2. The number of carboxylic acid groups (broad SMARTS) is 1. The summed E-state index contributed by atoms with van der Waals surface area (Å²) in [4.78, 5) is 19.3. The van der Waals surface area contributed by atoms with E-state index in [1.54, 1.807) is 24.5 Å². The predicted octanol–water partition coefficient (Wildman–Crippen LogP) is 2.87. The zero-order chi connectivity index (χ0) is 14.4. The lowest BCUT2D eigenvalue weighted by molar-refractivity contribution is 0.0692. The zero-order valence-electron chi connectivity index (χ0n) is 10.9. The lowest BCUT2D eigenvalue weighted by atomic mass is 10.3. The zero-order valence-corrected chi connectivity index (χ0v) is 11.8. The Morgan fingerprint density at radius 3 is 2.95 bits per heavy atom. The van der Waals surface area contributed by atoms with Gasteiger partial charge in [-0.25, -0.2) is 14.8 Å². The standard InChI is InChI=1S/C14H14N2O3S/c1-2-19-12-8-10(5-7-15-12)9-20-13-11(14(17)18)4-3-6-16-13/h3-8H,2,9H2,1H3,(H,17,18). The number of hydrogen-bond donors (Lipinski definition) is 1. The van der Waals surface area contributed by atoms with Gasteiger partial charge in [0, 0.05) is 24.2 Å². The van der Waals surface area contributed by atoms with E-state index in [9.17, 15) is 4.79 Å². The fourth-order valence-electron chi connectivity index (χ4n) is 1.59. The van der Waals surface area contributed by atoms with Gasteiger partial charge < -0.3 is 9.84 Å². The van der Waals surface area contributed by atoms with Crippen molar-refractivity contribution in [2.24, 2.45) is 0 Å². The molecule has 2 rings (SSSR count). The second-order valence-corrected chi connectivity index (χ2v) is 4.85. The van der Waals surface area contributed by atoms with Crippen molar-refractivity contribution in [1.29, 1.82) is 0 Å². The van der Waals surface area contributed by atoms with E-state index in [-0.39, 0.29) is 5.56 Å². The average molecular weight is 290 g/mol. The van der Waals surface area contributed by atoms with Crippen LogP contribution in [-0.4, -0.2) is 27.7 Å². The first-order chi connectivity index (χ1) is 9.70. The number of nitrogens with zero attached hydrogens (tertiary/aromatic N) is 2. The molecule has 6 heteroatoms. The Kier molecular flexibility index (Phi) is 4.95. The third-order valence-electron chi connectivity index (χ3n) is 2.47. The smallest absolute Gasteiger partial charge is 0.338 e. The van der Waals surface area contributed by atoms with Crippen molar-refractivity contribution in [3.63, 3.8) is 0 Å². The highest BCUT2D eigenvalue weighted by Crippen LogP contribution is 2.25. The van der Waals surface area contributed by atoms with Gasteiger partial charge in [-0.1, -0.05) is 0 Å². The van der Waals surface area contributed by atoms with Crippen LogP contribution in [0.3, 0.4) is 0 Å². The molecule has 0 aliphatic heterocycles. The topological polar surface area (TPSA) is 72.3 Å². The van der Waals surface area contributed by atoms with Crippen LogP contribution < -0.4 is 4.74 Å². The first-order valence-electron chi connectivity index (χ1n) is 6.09. The number of rotatable bonds is 6. The molecule has 0 bridgehead atoms. The Morgan fingerprint density at radius 1 is 1.35 bits per heavy atom. The molecule has 0 fully saturated rings. The fraction of sp³-hybridized carbons (Fsp3) is 0.214. The number of thioether (sulfide) groups is 1. The number of ether oxygens (including phenoxy) is 1. The molecule has 2 aromatic heterocycles. The molecule has 0 aliphatic carbocycles. The normalized spacial score (nSPS) is 10.2. The van der Waals surface area contributed by atoms with Gasteiger partial charge in [0.05, 0.1) is 12.2 Å². The molecule has 104 valence electrons. The maximum atomic E-state index is 11.1. The summed E-state index contributed by atoms with van der Waals surface area (Å²) in [5.74, 6) is 0.218. The van der Waals surface area contributed by atoms with E-state index in [0.29, 0.717) is 23.3 Å². The minimum Gasteiger partial charge on any atom is -0.478 e. The molecule has 0 aromatic carbocycles. The Bertz CT molecular complexity index is 604. The molecule has 2 aromatic rings. The highest BCUT2D eigenvalue weighted by molar-refractivity contribution is 7.98. The third-order valence-corrected chi connectivity index (χ3v) is 3.55. The molecule has 0 radical (unpaired) electrons. The molecular formula is C14H14N2O3S. The quantitative estimate of drug-likeness (QED) is 0.825. The van der Waals surface area contributed by atoms with Crippen LogP contribution >= 0.6 is 11.8 Å². The van der Waals surface area contributed by atoms with E-state index < -0.39 is 5.97 Å². The number of pyridine rings is 2. The Balaban J connectivity index is 2.09. The molecule has 1 N–H and O–H groups in total. The molecule has 0 spiro atoms. The van der Waals surface area contributed by atoms with Crippen molar-refractivity contribution in [2.45, 2.75) is 17.7 Å². The minimum atomic E-state index is -0.967. The molecule has 0 saturated carbocycles. The highest BCUT2D eigenvalue weighted by atomic mass is 32.2. The number of aromatic carboxylic acids is 1. The van der Waals surface area contributed by atoms with Gasteiger partial charge >= 0.3 is 5.97 Å². The van der Waals surface area contributed by atoms with Crippen LogP contribution in [-0.2, 0) is 5.75 Å². The maximum absolute atomic E-state index is 11.1. The fourth-order valence-corrected chi connectivity index (χ4v) is 2.52. The van der Waals surface area contributed by atoms with Crippen LogP contribution in [0.5, 0.6) is 5.88 Å². The Hall–Kier alpha value is -2.08. The summed E-state index contributed by atoms with van der Waals surface area (Å²) in [6.07, 6.45) is 3.27.